The number of carboxylic acids is 1. The molecule has 0 aliphatic carbocycles. The molecule has 0 saturated heterocycles. The Kier molecular flexibility index (Phi) is 7.64. The molecule has 0 spiro atoms. The maximum absolute atomic E-state index is 10.9. The van der Waals surface area contributed by atoms with Crippen LogP contribution in [0.2, 0.25) is 0 Å². The first-order chi connectivity index (χ1) is 10.1. The zero-order chi connectivity index (χ0) is 15.2. The van der Waals surface area contributed by atoms with Gasteiger partial charge in [0.2, 0.25) is 0 Å². The van der Waals surface area contributed by atoms with Gasteiger partial charge in [-0.2, -0.15) is 0 Å². The summed E-state index contributed by atoms with van der Waals surface area (Å²) in [6.45, 7) is 0.441. The minimum absolute atomic E-state index is 0. The van der Waals surface area contributed by atoms with E-state index < -0.39 is 12.0 Å². The first-order valence-corrected chi connectivity index (χ1v) is 7.57. The molecule has 4 nitrogen and oxygen atoms in total. The lowest BCUT2D eigenvalue weighted by Gasteiger charge is -2.14. The third-order valence-electron chi connectivity index (χ3n) is 3.02. The molecule has 0 radical (unpaired) electrons. The summed E-state index contributed by atoms with van der Waals surface area (Å²) in [7, 11) is 0. The molecule has 0 unspecified atom stereocenters. The summed E-state index contributed by atoms with van der Waals surface area (Å²) in [4.78, 5) is 10.9. The molecule has 22 heavy (non-hydrogen) atoms. The number of rotatable bonds is 6. The van der Waals surface area contributed by atoms with Gasteiger partial charge in [-0.3, -0.25) is 4.79 Å². The Balaban J connectivity index is 0.00000242. The fourth-order valence-electron chi connectivity index (χ4n) is 1.91. The predicted octanol–water partition coefficient (Wildman–Crippen LogP) is 3.25. The molecule has 2 rings (SSSR count). The van der Waals surface area contributed by atoms with Gasteiger partial charge in [-0.25, -0.2) is 0 Å². The molecule has 0 amide bonds. The Morgan fingerprint density at radius 1 is 1.23 bits per heavy atom. The lowest BCUT2D eigenvalue weighted by atomic mass is 10.1. The smallest absolute Gasteiger partial charge is 0.320 e. The van der Waals surface area contributed by atoms with Crippen molar-refractivity contribution < 1.29 is 14.6 Å². The topological polar surface area (TPSA) is 72.5 Å². The van der Waals surface area contributed by atoms with Crippen molar-refractivity contribution in [1.82, 2.24) is 0 Å². The van der Waals surface area contributed by atoms with Crippen molar-refractivity contribution in [1.29, 1.82) is 0 Å². The number of halogens is 2. The highest BCUT2D eigenvalue weighted by Crippen LogP contribution is 2.23. The number of carbonyl (C=O) groups is 1. The van der Waals surface area contributed by atoms with Gasteiger partial charge in [0, 0.05) is 9.99 Å². The standard InChI is InChI=1S/C16H16INO3.ClH/c17-13-6-7-15(12(8-13)9-14(18)16(19)20)21-10-11-4-2-1-3-5-11;/h1-8,14H,9-10,18H2,(H,19,20);1H/t14-;/m0./s1. The summed E-state index contributed by atoms with van der Waals surface area (Å²) >= 11 is 2.18. The first kappa shape index (κ1) is 18.7. The molecule has 0 bridgehead atoms. The number of aliphatic carboxylic acids is 1. The van der Waals surface area contributed by atoms with E-state index in [9.17, 15) is 4.79 Å². The van der Waals surface area contributed by atoms with Gasteiger partial charge in [-0.15, -0.1) is 12.4 Å². The van der Waals surface area contributed by atoms with Crippen LogP contribution in [0.25, 0.3) is 0 Å². The van der Waals surface area contributed by atoms with Gasteiger partial charge in [0.05, 0.1) is 0 Å². The van der Waals surface area contributed by atoms with Gasteiger partial charge in [0.1, 0.15) is 18.4 Å². The molecule has 3 N–H and O–H groups in total. The van der Waals surface area contributed by atoms with E-state index in [2.05, 4.69) is 22.6 Å². The molecule has 2 aromatic rings. The van der Waals surface area contributed by atoms with Gasteiger partial charge in [-0.05, 0) is 51.9 Å². The maximum atomic E-state index is 10.9. The Morgan fingerprint density at radius 2 is 1.91 bits per heavy atom. The number of carboxylic acid groups (broad SMARTS) is 1. The van der Waals surface area contributed by atoms with Crippen LogP contribution in [-0.4, -0.2) is 17.1 Å². The van der Waals surface area contributed by atoms with E-state index in [1.54, 1.807) is 0 Å². The zero-order valence-corrected chi connectivity index (χ0v) is 14.7. The van der Waals surface area contributed by atoms with Crippen molar-refractivity contribution in [3.05, 3.63) is 63.2 Å². The molecule has 6 heteroatoms. The minimum Gasteiger partial charge on any atom is -0.489 e. The number of benzene rings is 2. The number of nitrogens with two attached hydrogens (primary N) is 1. The fourth-order valence-corrected chi connectivity index (χ4v) is 2.46. The van der Waals surface area contributed by atoms with Crippen LogP contribution >= 0.6 is 35.0 Å². The van der Waals surface area contributed by atoms with Gasteiger partial charge in [-0.1, -0.05) is 30.3 Å². The predicted molar refractivity (Wildman–Crippen MR) is 96.5 cm³/mol. The molecule has 0 aliphatic rings. The first-order valence-electron chi connectivity index (χ1n) is 6.50. The molecule has 0 fully saturated rings. The second kappa shape index (κ2) is 8.97. The van der Waals surface area contributed by atoms with Crippen molar-refractivity contribution in [2.75, 3.05) is 0 Å². The molecule has 0 aromatic heterocycles. The molecule has 2 aromatic carbocycles. The summed E-state index contributed by atoms with van der Waals surface area (Å²) in [6, 6.07) is 14.6. The lowest BCUT2D eigenvalue weighted by molar-refractivity contribution is -0.138. The van der Waals surface area contributed by atoms with Gasteiger partial charge >= 0.3 is 5.97 Å². The van der Waals surface area contributed by atoms with E-state index in [-0.39, 0.29) is 18.8 Å². The van der Waals surface area contributed by atoms with E-state index in [0.717, 1.165) is 14.7 Å². The molecular weight excluding hydrogens is 417 g/mol. The highest BCUT2D eigenvalue weighted by molar-refractivity contribution is 14.1. The summed E-state index contributed by atoms with van der Waals surface area (Å²) in [5.41, 5.74) is 7.49. The largest absolute Gasteiger partial charge is 0.489 e. The van der Waals surface area contributed by atoms with Gasteiger partial charge in [0.25, 0.3) is 0 Å². The molecule has 0 saturated carbocycles. The zero-order valence-electron chi connectivity index (χ0n) is 11.7. The Bertz CT molecular complexity index is 622. The van der Waals surface area contributed by atoms with E-state index in [4.69, 9.17) is 15.6 Å². The highest BCUT2D eigenvalue weighted by Gasteiger charge is 2.15. The van der Waals surface area contributed by atoms with Crippen LogP contribution in [-0.2, 0) is 17.8 Å². The lowest BCUT2D eigenvalue weighted by Crippen LogP contribution is -2.32. The van der Waals surface area contributed by atoms with Crippen LogP contribution in [0.5, 0.6) is 5.75 Å². The van der Waals surface area contributed by atoms with Crippen LogP contribution in [0, 0.1) is 3.57 Å². The molecule has 118 valence electrons. The normalized spacial score (nSPS) is 11.4. The number of hydrogen-bond acceptors (Lipinski definition) is 3. The van der Waals surface area contributed by atoms with Crippen LogP contribution in [0.4, 0.5) is 0 Å². The van der Waals surface area contributed by atoms with Crippen molar-refractivity contribution in [3.8, 4) is 5.75 Å². The van der Waals surface area contributed by atoms with E-state index in [1.165, 1.54) is 0 Å². The Labute approximate surface area is 149 Å². The van der Waals surface area contributed by atoms with Crippen LogP contribution < -0.4 is 10.5 Å². The molecular formula is C16H17ClINO3. The summed E-state index contributed by atoms with van der Waals surface area (Å²) in [6.07, 6.45) is 0.246. The van der Waals surface area contributed by atoms with E-state index in [0.29, 0.717) is 12.4 Å². The Morgan fingerprint density at radius 3 is 2.55 bits per heavy atom. The van der Waals surface area contributed by atoms with Gasteiger partial charge in [0.15, 0.2) is 0 Å². The van der Waals surface area contributed by atoms with Crippen LogP contribution in [0.15, 0.2) is 48.5 Å². The number of hydrogen-bond donors (Lipinski definition) is 2. The van der Waals surface area contributed by atoms with Gasteiger partial charge < -0.3 is 15.6 Å². The van der Waals surface area contributed by atoms with E-state index in [1.807, 2.05) is 48.5 Å². The van der Waals surface area contributed by atoms with Crippen LogP contribution in [0.3, 0.4) is 0 Å². The quantitative estimate of drug-likeness (QED) is 0.686. The minimum atomic E-state index is -1.01. The SMILES string of the molecule is Cl.N[C@@H](Cc1cc(I)ccc1OCc1ccccc1)C(=O)O. The molecule has 1 atom stereocenters. The third kappa shape index (κ3) is 5.47. The summed E-state index contributed by atoms with van der Waals surface area (Å²) in [5.74, 6) is -0.334. The average molecular weight is 434 g/mol. The number of ether oxygens (including phenoxy) is 1. The van der Waals surface area contributed by atoms with Crippen molar-refractivity contribution in [3.63, 3.8) is 0 Å². The third-order valence-corrected chi connectivity index (χ3v) is 3.69. The van der Waals surface area contributed by atoms with Crippen molar-refractivity contribution >= 4 is 41.0 Å². The highest BCUT2D eigenvalue weighted by atomic mass is 127. The summed E-state index contributed by atoms with van der Waals surface area (Å²) < 4.78 is 6.83. The second-order valence-corrected chi connectivity index (χ2v) is 5.92. The molecule has 0 heterocycles. The van der Waals surface area contributed by atoms with Crippen molar-refractivity contribution in [2.45, 2.75) is 19.1 Å². The average Bonchev–Trinajstić information content (AvgIpc) is 2.47. The molecule has 0 aliphatic heterocycles. The monoisotopic (exact) mass is 433 g/mol. The van der Waals surface area contributed by atoms with E-state index >= 15 is 0 Å². The summed E-state index contributed by atoms with van der Waals surface area (Å²) in [5, 5.41) is 8.94. The van der Waals surface area contributed by atoms with Crippen LogP contribution in [0.1, 0.15) is 11.1 Å². The Hall–Kier alpha value is -1.31. The fraction of sp³-hybridized carbons (Fsp3) is 0.188. The maximum Gasteiger partial charge on any atom is 0.320 e. The van der Waals surface area contributed by atoms with Crippen molar-refractivity contribution in [2.24, 2.45) is 5.73 Å². The second-order valence-electron chi connectivity index (χ2n) is 4.68.